The third-order valence-electron chi connectivity index (χ3n) is 4.50. The molecule has 28 heavy (non-hydrogen) atoms. The normalized spacial score (nSPS) is 11.9. The van der Waals surface area contributed by atoms with Gasteiger partial charge in [-0.2, -0.15) is 4.98 Å². The molecule has 2 aromatic heterocycles. The maximum absolute atomic E-state index is 11.8. The van der Waals surface area contributed by atoms with Gasteiger partial charge in [0.1, 0.15) is 12.1 Å². The Kier molecular flexibility index (Phi) is 4.72. The van der Waals surface area contributed by atoms with Gasteiger partial charge in [-0.25, -0.2) is 14.8 Å². The Morgan fingerprint density at radius 3 is 2.71 bits per heavy atom. The quantitative estimate of drug-likeness (QED) is 0.536. The number of esters is 1. The maximum atomic E-state index is 11.8. The Hall–Kier alpha value is -3.74. The summed E-state index contributed by atoms with van der Waals surface area (Å²) in [5.74, 6) is 0.776. The van der Waals surface area contributed by atoms with Gasteiger partial charge in [-0.05, 0) is 36.8 Å². The summed E-state index contributed by atoms with van der Waals surface area (Å²) in [6.45, 7) is 2.06. The van der Waals surface area contributed by atoms with E-state index in [1.165, 1.54) is 7.11 Å². The number of anilines is 1. The van der Waals surface area contributed by atoms with Crippen LogP contribution in [0.25, 0.3) is 16.9 Å². The highest BCUT2D eigenvalue weighted by Gasteiger charge is 2.12. The number of carbonyl (C=O) groups excluding carboxylic acids is 1. The van der Waals surface area contributed by atoms with Crippen LogP contribution in [0.1, 0.15) is 28.9 Å². The lowest BCUT2D eigenvalue weighted by Crippen LogP contribution is -2.10. The van der Waals surface area contributed by atoms with Gasteiger partial charge < -0.3 is 10.1 Å². The number of aromatic nitrogens is 4. The van der Waals surface area contributed by atoms with Crippen molar-refractivity contribution in [2.75, 3.05) is 12.4 Å². The fourth-order valence-corrected chi connectivity index (χ4v) is 3.01. The van der Waals surface area contributed by atoms with Crippen molar-refractivity contribution in [2.45, 2.75) is 13.0 Å². The van der Waals surface area contributed by atoms with Crippen molar-refractivity contribution in [1.29, 1.82) is 0 Å². The van der Waals surface area contributed by atoms with Gasteiger partial charge in [0, 0.05) is 6.20 Å². The van der Waals surface area contributed by atoms with Crippen LogP contribution in [0.5, 0.6) is 0 Å². The summed E-state index contributed by atoms with van der Waals surface area (Å²) in [5, 5.41) is 3.32. The van der Waals surface area contributed by atoms with Crippen molar-refractivity contribution in [3.63, 3.8) is 0 Å². The number of hydrogen-bond donors (Lipinski definition) is 1. The lowest BCUT2D eigenvalue weighted by Gasteiger charge is -2.14. The number of fused-ring (bicyclic) bond motifs is 1. The average molecular weight is 373 g/mol. The SMILES string of the molecule is COC(=O)c1ccc2ncn(-c3ccnc(N[C@@H](C)c4ccccc4)n3)c2c1. The summed E-state index contributed by atoms with van der Waals surface area (Å²) >= 11 is 0. The zero-order chi connectivity index (χ0) is 19.5. The molecule has 0 saturated carbocycles. The number of methoxy groups -OCH3 is 1. The molecule has 4 aromatic rings. The largest absolute Gasteiger partial charge is 0.465 e. The van der Waals surface area contributed by atoms with E-state index in [1.807, 2.05) is 22.8 Å². The number of carbonyl (C=O) groups is 1. The molecule has 1 atom stereocenters. The molecule has 0 aliphatic carbocycles. The second-order valence-corrected chi connectivity index (χ2v) is 6.32. The van der Waals surface area contributed by atoms with E-state index in [0.29, 0.717) is 17.3 Å². The maximum Gasteiger partial charge on any atom is 0.337 e. The van der Waals surface area contributed by atoms with Gasteiger partial charge >= 0.3 is 5.97 Å². The van der Waals surface area contributed by atoms with Gasteiger partial charge in [-0.1, -0.05) is 30.3 Å². The summed E-state index contributed by atoms with van der Waals surface area (Å²) < 4.78 is 6.63. The second kappa shape index (κ2) is 7.48. The fourth-order valence-electron chi connectivity index (χ4n) is 3.01. The van der Waals surface area contributed by atoms with E-state index in [4.69, 9.17) is 4.74 Å². The molecule has 1 N–H and O–H groups in total. The van der Waals surface area contributed by atoms with Crippen LogP contribution in [-0.4, -0.2) is 32.6 Å². The van der Waals surface area contributed by atoms with Crippen LogP contribution < -0.4 is 5.32 Å². The summed E-state index contributed by atoms with van der Waals surface area (Å²) in [6.07, 6.45) is 3.37. The first kappa shape index (κ1) is 17.7. The molecule has 140 valence electrons. The summed E-state index contributed by atoms with van der Waals surface area (Å²) in [4.78, 5) is 25.2. The van der Waals surface area contributed by atoms with Crippen LogP contribution in [0, 0.1) is 0 Å². The molecule has 7 heteroatoms. The van der Waals surface area contributed by atoms with Gasteiger partial charge in [0.15, 0.2) is 0 Å². The highest BCUT2D eigenvalue weighted by atomic mass is 16.5. The van der Waals surface area contributed by atoms with Gasteiger partial charge in [-0.15, -0.1) is 0 Å². The standard InChI is InChI=1S/C21H19N5O2/c1-14(15-6-4-3-5-7-15)24-21-22-11-10-19(25-21)26-13-23-17-9-8-16(12-18(17)26)20(27)28-2/h3-14H,1-2H3,(H,22,24,25)/t14-/m0/s1. The number of nitrogens with one attached hydrogen (secondary N) is 1. The number of imidazole rings is 1. The monoisotopic (exact) mass is 373 g/mol. The van der Waals surface area contributed by atoms with Crippen LogP contribution in [-0.2, 0) is 4.74 Å². The summed E-state index contributed by atoms with van der Waals surface area (Å²) in [5.41, 5.74) is 3.14. The van der Waals surface area contributed by atoms with Gasteiger partial charge in [-0.3, -0.25) is 4.57 Å². The fraction of sp³-hybridized carbons (Fsp3) is 0.143. The van der Waals surface area contributed by atoms with Crippen LogP contribution in [0.15, 0.2) is 67.1 Å². The number of nitrogens with zero attached hydrogens (tertiary/aromatic N) is 4. The molecule has 0 aliphatic rings. The number of ether oxygens (including phenoxy) is 1. The number of rotatable bonds is 5. The van der Waals surface area contributed by atoms with Gasteiger partial charge in [0.25, 0.3) is 0 Å². The molecular weight excluding hydrogens is 354 g/mol. The van der Waals surface area contributed by atoms with Crippen LogP contribution in [0.4, 0.5) is 5.95 Å². The molecule has 7 nitrogen and oxygen atoms in total. The first-order valence-corrected chi connectivity index (χ1v) is 8.86. The molecule has 0 unspecified atom stereocenters. The van der Waals surface area contributed by atoms with Crippen molar-refractivity contribution in [3.8, 4) is 5.82 Å². The van der Waals surface area contributed by atoms with Crippen molar-refractivity contribution >= 4 is 23.0 Å². The van der Waals surface area contributed by atoms with Crippen LogP contribution in [0.3, 0.4) is 0 Å². The topological polar surface area (TPSA) is 81.9 Å². The van der Waals surface area contributed by atoms with Crippen molar-refractivity contribution < 1.29 is 9.53 Å². The van der Waals surface area contributed by atoms with Crippen LogP contribution >= 0.6 is 0 Å². The lowest BCUT2D eigenvalue weighted by molar-refractivity contribution is 0.0601. The first-order chi connectivity index (χ1) is 13.7. The van der Waals surface area contributed by atoms with E-state index < -0.39 is 5.97 Å². The van der Waals surface area contributed by atoms with E-state index in [0.717, 1.165) is 16.6 Å². The number of benzene rings is 2. The van der Waals surface area contributed by atoms with Crippen molar-refractivity contribution in [3.05, 3.63) is 78.2 Å². The van der Waals surface area contributed by atoms with Gasteiger partial charge in [0.05, 0.1) is 29.7 Å². The van der Waals surface area contributed by atoms with Gasteiger partial charge in [0.2, 0.25) is 5.95 Å². The minimum atomic E-state index is -0.392. The molecular formula is C21H19N5O2. The molecule has 0 aliphatic heterocycles. The second-order valence-electron chi connectivity index (χ2n) is 6.32. The molecule has 0 fully saturated rings. The van der Waals surface area contributed by atoms with Crippen molar-refractivity contribution in [1.82, 2.24) is 19.5 Å². The highest BCUT2D eigenvalue weighted by molar-refractivity contribution is 5.93. The average Bonchev–Trinajstić information content (AvgIpc) is 3.17. The number of hydrogen-bond acceptors (Lipinski definition) is 6. The lowest BCUT2D eigenvalue weighted by atomic mass is 10.1. The molecule has 2 aromatic carbocycles. The molecule has 2 heterocycles. The Balaban J connectivity index is 1.67. The molecule has 4 rings (SSSR count). The van der Waals surface area contributed by atoms with E-state index in [1.54, 1.807) is 36.8 Å². The highest BCUT2D eigenvalue weighted by Crippen LogP contribution is 2.21. The van der Waals surface area contributed by atoms with E-state index in [9.17, 15) is 4.79 Å². The molecule has 0 bridgehead atoms. The molecule has 0 radical (unpaired) electrons. The smallest absolute Gasteiger partial charge is 0.337 e. The Labute approximate surface area is 162 Å². The Morgan fingerprint density at radius 1 is 1.11 bits per heavy atom. The molecule has 0 saturated heterocycles. The first-order valence-electron chi connectivity index (χ1n) is 8.86. The zero-order valence-corrected chi connectivity index (χ0v) is 15.5. The predicted molar refractivity (Wildman–Crippen MR) is 106 cm³/mol. The Morgan fingerprint density at radius 2 is 1.93 bits per heavy atom. The third kappa shape index (κ3) is 3.42. The minimum Gasteiger partial charge on any atom is -0.465 e. The predicted octanol–water partition coefficient (Wildman–Crippen LogP) is 3.78. The summed E-state index contributed by atoms with van der Waals surface area (Å²) in [7, 11) is 1.36. The van der Waals surface area contributed by atoms with Crippen molar-refractivity contribution in [2.24, 2.45) is 0 Å². The minimum absolute atomic E-state index is 0.0573. The zero-order valence-electron chi connectivity index (χ0n) is 15.5. The Bertz CT molecular complexity index is 1120. The van der Waals surface area contributed by atoms with E-state index in [2.05, 4.69) is 39.3 Å². The third-order valence-corrected chi connectivity index (χ3v) is 4.50. The van der Waals surface area contributed by atoms with E-state index in [-0.39, 0.29) is 6.04 Å². The molecule has 0 amide bonds. The molecule has 0 spiro atoms. The summed E-state index contributed by atoms with van der Waals surface area (Å²) in [6, 6.07) is 17.2. The van der Waals surface area contributed by atoms with Crippen LogP contribution in [0.2, 0.25) is 0 Å². The van der Waals surface area contributed by atoms with E-state index >= 15 is 0 Å².